The Morgan fingerprint density at radius 3 is 2.81 bits per heavy atom. The molecule has 86 valence electrons. The average molecular weight is 227 g/mol. The van der Waals surface area contributed by atoms with Gasteiger partial charge >= 0.3 is 0 Å². The lowest BCUT2D eigenvalue weighted by Crippen LogP contribution is -2.37. The molecule has 1 amide bonds. The van der Waals surface area contributed by atoms with E-state index in [0.717, 1.165) is 0 Å². The molecule has 0 aromatic carbocycles. The van der Waals surface area contributed by atoms with Crippen molar-refractivity contribution in [1.29, 1.82) is 0 Å². The molecule has 4 nitrogen and oxygen atoms in total. The van der Waals surface area contributed by atoms with E-state index in [0.29, 0.717) is 5.82 Å². The number of halogens is 2. The summed E-state index contributed by atoms with van der Waals surface area (Å²) in [6, 6.07) is 0. The lowest BCUT2D eigenvalue weighted by molar-refractivity contribution is -0.129. The Morgan fingerprint density at radius 1 is 1.50 bits per heavy atom. The second-order valence-corrected chi connectivity index (χ2v) is 3.97. The average Bonchev–Trinajstić information content (AvgIpc) is 2.16. The summed E-state index contributed by atoms with van der Waals surface area (Å²) in [6.07, 6.45) is 4.08. The minimum absolute atomic E-state index is 0.117. The molecule has 1 saturated carbocycles. The van der Waals surface area contributed by atoms with E-state index < -0.39 is 5.92 Å². The van der Waals surface area contributed by atoms with Gasteiger partial charge < -0.3 is 5.32 Å². The van der Waals surface area contributed by atoms with Crippen molar-refractivity contribution >= 4 is 11.7 Å². The summed E-state index contributed by atoms with van der Waals surface area (Å²) in [5.74, 6) is -2.73. The third kappa shape index (κ3) is 2.71. The van der Waals surface area contributed by atoms with Crippen molar-refractivity contribution in [2.24, 2.45) is 5.92 Å². The number of hydrogen-bond donors (Lipinski definition) is 1. The first-order chi connectivity index (χ1) is 7.55. The lowest BCUT2D eigenvalue weighted by atomic mass is 9.79. The van der Waals surface area contributed by atoms with Crippen molar-refractivity contribution in [1.82, 2.24) is 9.97 Å². The van der Waals surface area contributed by atoms with Crippen LogP contribution < -0.4 is 5.32 Å². The molecule has 1 fully saturated rings. The van der Waals surface area contributed by atoms with Crippen LogP contribution in [0.5, 0.6) is 0 Å². The molecule has 1 heterocycles. The lowest BCUT2D eigenvalue weighted by Gasteiger charge is -2.34. The Balaban J connectivity index is 1.78. The van der Waals surface area contributed by atoms with Crippen molar-refractivity contribution in [2.75, 3.05) is 5.32 Å². The molecule has 0 aliphatic heterocycles. The molecule has 1 aliphatic carbocycles. The van der Waals surface area contributed by atoms with E-state index in [-0.39, 0.29) is 31.1 Å². The Morgan fingerprint density at radius 2 is 2.25 bits per heavy atom. The zero-order chi connectivity index (χ0) is 11.6. The molecule has 0 atom stereocenters. The van der Waals surface area contributed by atoms with Gasteiger partial charge in [-0.1, -0.05) is 0 Å². The van der Waals surface area contributed by atoms with Crippen LogP contribution in [0.2, 0.25) is 0 Å². The van der Waals surface area contributed by atoms with Gasteiger partial charge in [0.2, 0.25) is 11.8 Å². The number of hydrogen-bond acceptors (Lipinski definition) is 3. The maximum Gasteiger partial charge on any atom is 0.248 e. The van der Waals surface area contributed by atoms with Gasteiger partial charge in [-0.05, 0) is 5.92 Å². The molecule has 6 heteroatoms. The highest BCUT2D eigenvalue weighted by Crippen LogP contribution is 2.43. The summed E-state index contributed by atoms with van der Waals surface area (Å²) < 4.78 is 25.0. The van der Waals surface area contributed by atoms with Crippen molar-refractivity contribution < 1.29 is 13.6 Å². The van der Waals surface area contributed by atoms with Gasteiger partial charge in [-0.15, -0.1) is 0 Å². The monoisotopic (exact) mass is 227 g/mol. The van der Waals surface area contributed by atoms with Crippen LogP contribution in [-0.4, -0.2) is 21.8 Å². The standard InChI is InChI=1S/C10H11F2N3O/c11-10(12)4-7(5-10)3-9(16)15-8-6-13-1-2-14-8/h1-2,6-7H,3-5H2,(H,14,15,16). The molecule has 0 radical (unpaired) electrons. The Bertz CT molecular complexity index is 375. The molecule has 1 aromatic rings. The number of alkyl halides is 2. The van der Waals surface area contributed by atoms with Gasteiger partial charge in [0.05, 0.1) is 6.20 Å². The van der Waals surface area contributed by atoms with Crippen LogP contribution >= 0.6 is 0 Å². The van der Waals surface area contributed by atoms with Crippen LogP contribution in [0.25, 0.3) is 0 Å². The molecule has 2 rings (SSSR count). The maximum absolute atomic E-state index is 12.5. The molecule has 0 unspecified atom stereocenters. The van der Waals surface area contributed by atoms with Gasteiger partial charge in [0.1, 0.15) is 0 Å². The highest BCUT2D eigenvalue weighted by Gasteiger charge is 2.45. The fourth-order valence-electron chi connectivity index (χ4n) is 1.75. The van der Waals surface area contributed by atoms with Gasteiger partial charge in [0.25, 0.3) is 0 Å². The van der Waals surface area contributed by atoms with Crippen molar-refractivity contribution in [3.63, 3.8) is 0 Å². The van der Waals surface area contributed by atoms with Crippen molar-refractivity contribution in [3.05, 3.63) is 18.6 Å². The number of carbonyl (C=O) groups excluding carboxylic acids is 1. The SMILES string of the molecule is O=C(CC1CC(F)(F)C1)Nc1cnccn1. The van der Waals surface area contributed by atoms with E-state index in [1.54, 1.807) is 0 Å². The number of aromatic nitrogens is 2. The summed E-state index contributed by atoms with van der Waals surface area (Å²) in [5.41, 5.74) is 0. The molecule has 0 saturated heterocycles. The molecule has 0 bridgehead atoms. The quantitative estimate of drug-likeness (QED) is 0.857. The second kappa shape index (κ2) is 4.11. The minimum Gasteiger partial charge on any atom is -0.309 e. The van der Waals surface area contributed by atoms with E-state index in [2.05, 4.69) is 15.3 Å². The summed E-state index contributed by atoms with van der Waals surface area (Å²) in [6.45, 7) is 0. The molecule has 1 N–H and O–H groups in total. The molecule has 1 aromatic heterocycles. The minimum atomic E-state index is -2.57. The highest BCUT2D eigenvalue weighted by molar-refractivity contribution is 5.89. The van der Waals surface area contributed by atoms with Gasteiger partial charge in [0, 0.05) is 31.7 Å². The third-order valence-corrected chi connectivity index (χ3v) is 2.48. The highest BCUT2D eigenvalue weighted by atomic mass is 19.3. The number of rotatable bonds is 3. The van der Waals surface area contributed by atoms with Gasteiger partial charge in [-0.2, -0.15) is 0 Å². The molecule has 0 spiro atoms. The van der Waals surface area contributed by atoms with Crippen LogP contribution in [0.15, 0.2) is 18.6 Å². The predicted molar refractivity (Wildman–Crippen MR) is 52.9 cm³/mol. The van der Waals surface area contributed by atoms with Gasteiger partial charge in [-0.3, -0.25) is 9.78 Å². The van der Waals surface area contributed by atoms with E-state index in [1.807, 2.05) is 0 Å². The Hall–Kier alpha value is -1.59. The van der Waals surface area contributed by atoms with E-state index in [4.69, 9.17) is 0 Å². The van der Waals surface area contributed by atoms with Crippen LogP contribution in [0.1, 0.15) is 19.3 Å². The Kier molecular flexibility index (Phi) is 2.80. The second-order valence-electron chi connectivity index (χ2n) is 3.97. The van der Waals surface area contributed by atoms with Crippen LogP contribution in [0.3, 0.4) is 0 Å². The first-order valence-electron chi connectivity index (χ1n) is 4.99. The smallest absolute Gasteiger partial charge is 0.248 e. The molecular formula is C10H11F2N3O. The number of carbonyl (C=O) groups is 1. The predicted octanol–water partition coefficient (Wildman–Crippen LogP) is 1.85. The van der Waals surface area contributed by atoms with Crippen LogP contribution in [0, 0.1) is 5.92 Å². The fraction of sp³-hybridized carbons (Fsp3) is 0.500. The first kappa shape index (κ1) is 10.9. The zero-order valence-electron chi connectivity index (χ0n) is 8.49. The van der Waals surface area contributed by atoms with E-state index in [1.165, 1.54) is 18.6 Å². The molecular weight excluding hydrogens is 216 g/mol. The largest absolute Gasteiger partial charge is 0.309 e. The number of amides is 1. The topological polar surface area (TPSA) is 54.9 Å². The van der Waals surface area contributed by atoms with Crippen LogP contribution in [0.4, 0.5) is 14.6 Å². The Labute approximate surface area is 91.1 Å². The maximum atomic E-state index is 12.5. The zero-order valence-corrected chi connectivity index (χ0v) is 8.49. The van der Waals surface area contributed by atoms with E-state index in [9.17, 15) is 13.6 Å². The van der Waals surface area contributed by atoms with Crippen molar-refractivity contribution in [3.8, 4) is 0 Å². The normalized spacial score (nSPS) is 18.9. The van der Waals surface area contributed by atoms with Crippen LogP contribution in [-0.2, 0) is 4.79 Å². The van der Waals surface area contributed by atoms with E-state index >= 15 is 0 Å². The summed E-state index contributed by atoms with van der Waals surface area (Å²) in [5, 5.41) is 2.51. The summed E-state index contributed by atoms with van der Waals surface area (Å²) >= 11 is 0. The fourth-order valence-corrected chi connectivity index (χ4v) is 1.75. The number of anilines is 1. The summed E-state index contributed by atoms with van der Waals surface area (Å²) in [4.78, 5) is 19.0. The van der Waals surface area contributed by atoms with Crippen molar-refractivity contribution in [2.45, 2.75) is 25.2 Å². The third-order valence-electron chi connectivity index (χ3n) is 2.48. The number of nitrogens with one attached hydrogen (secondary N) is 1. The van der Waals surface area contributed by atoms with Gasteiger partial charge in [0.15, 0.2) is 5.82 Å². The number of nitrogens with zero attached hydrogens (tertiary/aromatic N) is 2. The molecule has 1 aliphatic rings. The molecule has 16 heavy (non-hydrogen) atoms. The van der Waals surface area contributed by atoms with Gasteiger partial charge in [-0.25, -0.2) is 13.8 Å². The first-order valence-corrected chi connectivity index (χ1v) is 4.99. The summed E-state index contributed by atoms with van der Waals surface area (Å²) in [7, 11) is 0.